The lowest BCUT2D eigenvalue weighted by Gasteiger charge is -2.31. The second kappa shape index (κ2) is 29.6. The van der Waals surface area contributed by atoms with Crippen molar-refractivity contribution >= 4 is 102 Å². The average molecular weight is 1350 g/mol. The fourth-order valence-corrected chi connectivity index (χ4v) is 16.6. The summed E-state index contributed by atoms with van der Waals surface area (Å²) < 4.78 is 73.8. The number of amides is 2. The van der Waals surface area contributed by atoms with Gasteiger partial charge in [0.1, 0.15) is 0 Å². The molecule has 95 heavy (non-hydrogen) atoms. The van der Waals surface area contributed by atoms with Crippen LogP contribution in [0.2, 0.25) is 0 Å². The Bertz CT molecular complexity index is 4640. The SMILES string of the molecule is CC(=O)N1CC=C(c2c[nH]c3ccncc23)CC1.CC(=O)N1CCC(c2c[nH]c3ccncc23)CC1.CS(=O)(=O)N1CCC(c2c[nH]c3ccc(C#N)cc23)CC1.CS(=O)(=O)N1CCC(c2c[nH]c3ccncc23)CC1.CS(=O)(=O)N1CCC(c2c[nH]c3cnccc23)CC1. The van der Waals surface area contributed by atoms with E-state index >= 15 is 0 Å². The second-order valence-electron chi connectivity index (χ2n) is 25.3. The van der Waals surface area contributed by atoms with Crippen LogP contribution in [0, 0.1) is 11.3 Å². The van der Waals surface area contributed by atoms with Crippen molar-refractivity contribution in [1.29, 1.82) is 5.26 Å². The van der Waals surface area contributed by atoms with Crippen LogP contribution in [0.1, 0.15) is 129 Å². The van der Waals surface area contributed by atoms with Crippen LogP contribution in [-0.4, -0.2) is 189 Å². The minimum atomic E-state index is -3.09. The highest BCUT2D eigenvalue weighted by Crippen LogP contribution is 2.38. The molecule has 9 aromatic heterocycles. The maximum Gasteiger partial charge on any atom is 0.219 e. The van der Waals surface area contributed by atoms with Gasteiger partial charge in [0, 0.05) is 208 Å². The van der Waals surface area contributed by atoms with Gasteiger partial charge >= 0.3 is 0 Å². The van der Waals surface area contributed by atoms with Crippen LogP contribution in [0.5, 0.6) is 0 Å². The van der Waals surface area contributed by atoms with E-state index in [-0.39, 0.29) is 11.8 Å². The highest BCUT2D eigenvalue weighted by atomic mass is 32.2. The van der Waals surface area contributed by atoms with E-state index in [0.29, 0.717) is 75.0 Å². The number of hydrogen-bond acceptors (Lipinski definition) is 13. The molecular weight excluding hydrogens is 1260 g/mol. The molecule has 0 aliphatic carbocycles. The predicted molar refractivity (Wildman–Crippen MR) is 372 cm³/mol. The summed E-state index contributed by atoms with van der Waals surface area (Å²) in [5.74, 6) is 2.05. The van der Waals surface area contributed by atoms with Gasteiger partial charge in [0.25, 0.3) is 0 Å². The van der Waals surface area contributed by atoms with E-state index in [2.05, 4.69) is 63.2 Å². The maximum absolute atomic E-state index is 11.6. The van der Waals surface area contributed by atoms with Crippen LogP contribution in [0.15, 0.2) is 129 Å². The quantitative estimate of drug-likeness (QED) is 0.0947. The number of aromatic amines is 5. The summed E-state index contributed by atoms with van der Waals surface area (Å²) in [5, 5.41) is 14.8. The van der Waals surface area contributed by atoms with Gasteiger partial charge in [0.15, 0.2) is 0 Å². The summed E-state index contributed by atoms with van der Waals surface area (Å²) in [6.07, 6.45) is 39.0. The number of nitriles is 1. The zero-order valence-corrected chi connectivity index (χ0v) is 56.8. The number of carbonyl (C=O) groups is 2. The first-order chi connectivity index (χ1) is 45.6. The zero-order valence-electron chi connectivity index (χ0n) is 54.3. The number of likely N-dealkylation sites (tertiary alicyclic amines) is 1. The molecule has 14 heterocycles. The fraction of sp³-hybridized carbons (Fsp3) is 0.406. The van der Waals surface area contributed by atoms with E-state index in [1.165, 1.54) is 62.9 Å². The van der Waals surface area contributed by atoms with Crippen LogP contribution in [0.3, 0.4) is 0 Å². The van der Waals surface area contributed by atoms with Crippen molar-refractivity contribution in [3.05, 3.63) is 162 Å². The Morgan fingerprint density at radius 2 is 0.821 bits per heavy atom. The highest BCUT2D eigenvalue weighted by molar-refractivity contribution is 7.88. The first kappa shape index (κ1) is 67.8. The molecule has 0 saturated carbocycles. The molecule has 26 heteroatoms. The molecule has 5 N–H and O–H groups in total. The molecule has 5 aliphatic heterocycles. The van der Waals surface area contributed by atoms with E-state index in [9.17, 15) is 34.8 Å². The van der Waals surface area contributed by atoms with Crippen molar-refractivity contribution < 1.29 is 34.8 Å². The van der Waals surface area contributed by atoms with Gasteiger partial charge in [-0.3, -0.25) is 29.5 Å². The number of sulfonamides is 3. The van der Waals surface area contributed by atoms with Gasteiger partial charge in [0.05, 0.1) is 42.1 Å². The Hall–Kier alpha value is -8.58. The van der Waals surface area contributed by atoms with Crippen LogP contribution in [-0.2, 0) is 39.7 Å². The summed E-state index contributed by atoms with van der Waals surface area (Å²) in [5.41, 5.74) is 13.7. The second-order valence-corrected chi connectivity index (χ2v) is 31.2. The molecule has 5 aliphatic rings. The fourth-order valence-electron chi connectivity index (χ4n) is 14.0. The molecule has 0 radical (unpaired) electrons. The average Bonchev–Trinajstić information content (AvgIpc) is 1.87. The van der Waals surface area contributed by atoms with Crippen LogP contribution in [0.4, 0.5) is 0 Å². The first-order valence-electron chi connectivity index (χ1n) is 32.3. The Kier molecular flexibility index (Phi) is 21.1. The lowest BCUT2D eigenvalue weighted by Crippen LogP contribution is -2.37. The standard InChI is InChI=1S/C15H17N3O2S.C14H17N3O.C14H15N3O.2C13H17N3O2S/c1-21(19,20)18-6-4-12(5-7-18)14-10-17-15-3-2-11(9-16)8-13(14)15;2*1-10(18)17-6-3-11(4-7-17)12-9-16-14-2-5-15-8-13(12)14;1-19(17,18)16-6-3-10(4-7-16)11-9-15-13-2-5-14-8-12(11)13;1-19(17,18)16-6-3-10(4-7-16)12-8-15-13-9-14-5-2-11(12)13/h2-3,8,10,12,17H,4-7H2,1H3;2,5,8-9,11,16H,3-4,6-7H2,1H3;2-3,5,8-9,16H,4,6-7H2,1H3;2*2,5,8-10,15H,3-4,6-7H2,1H3. The number of pyridine rings is 4. The molecule has 23 nitrogen and oxygen atoms in total. The Morgan fingerprint density at radius 3 is 1.25 bits per heavy atom. The number of piperidine rings is 4. The Balaban J connectivity index is 0.000000121. The molecule has 0 atom stereocenters. The van der Waals surface area contributed by atoms with Crippen molar-refractivity contribution in [2.24, 2.45) is 0 Å². The minimum Gasteiger partial charge on any atom is -0.361 e. The lowest BCUT2D eigenvalue weighted by atomic mass is 9.89. The summed E-state index contributed by atoms with van der Waals surface area (Å²) in [7, 11) is -9.18. The molecule has 1 aromatic carbocycles. The number of nitrogens with zero attached hydrogens (tertiary/aromatic N) is 10. The van der Waals surface area contributed by atoms with Crippen molar-refractivity contribution in [1.82, 2.24) is 67.6 Å². The third kappa shape index (κ3) is 16.2. The number of benzene rings is 1. The predicted octanol–water partition coefficient (Wildman–Crippen LogP) is 10.1. The van der Waals surface area contributed by atoms with Gasteiger partial charge in [-0.1, -0.05) is 6.08 Å². The first-order valence-corrected chi connectivity index (χ1v) is 37.9. The number of hydrogen-bond donors (Lipinski definition) is 5. The van der Waals surface area contributed by atoms with Gasteiger partial charge in [-0.25, -0.2) is 38.2 Å². The Morgan fingerprint density at radius 1 is 0.442 bits per heavy atom. The third-order valence-corrected chi connectivity index (χ3v) is 23.3. The summed E-state index contributed by atoms with van der Waals surface area (Å²) in [6, 6.07) is 15.8. The maximum atomic E-state index is 11.6. The highest BCUT2D eigenvalue weighted by Gasteiger charge is 2.31. The third-order valence-electron chi connectivity index (χ3n) is 19.3. The summed E-state index contributed by atoms with van der Waals surface area (Å²) >= 11 is 0. The number of carbonyl (C=O) groups excluding carboxylic acids is 2. The molecule has 0 spiro atoms. The topological polar surface area (TPSA) is 307 Å². The number of H-pyrrole nitrogens is 5. The van der Waals surface area contributed by atoms with E-state index in [4.69, 9.17) is 5.26 Å². The largest absolute Gasteiger partial charge is 0.361 e. The molecule has 2 amide bonds. The molecule has 500 valence electrons. The Labute approximate surface area is 554 Å². The van der Waals surface area contributed by atoms with E-state index in [0.717, 1.165) is 121 Å². The summed E-state index contributed by atoms with van der Waals surface area (Å²) in [6.45, 7) is 10.1. The van der Waals surface area contributed by atoms with Gasteiger partial charge in [-0.15, -0.1) is 0 Å². The van der Waals surface area contributed by atoms with Gasteiger partial charge < -0.3 is 34.7 Å². The van der Waals surface area contributed by atoms with E-state index in [1.54, 1.807) is 57.6 Å². The van der Waals surface area contributed by atoms with Gasteiger partial charge in [-0.05, 0) is 152 Å². The number of fused-ring (bicyclic) bond motifs is 5. The minimum absolute atomic E-state index is 0.144. The van der Waals surface area contributed by atoms with Gasteiger partial charge in [-0.2, -0.15) is 5.26 Å². The molecular formula is C69H83N15O8S3. The van der Waals surface area contributed by atoms with Crippen LogP contribution >= 0.6 is 0 Å². The molecule has 4 fully saturated rings. The van der Waals surface area contributed by atoms with Crippen LogP contribution in [0.25, 0.3) is 60.1 Å². The van der Waals surface area contributed by atoms with E-state index in [1.807, 2.05) is 95.8 Å². The van der Waals surface area contributed by atoms with Gasteiger partial charge in [0.2, 0.25) is 41.9 Å². The smallest absolute Gasteiger partial charge is 0.219 e. The number of aromatic nitrogens is 9. The number of rotatable bonds is 8. The molecule has 0 unspecified atom stereocenters. The van der Waals surface area contributed by atoms with Crippen molar-refractivity contribution in [2.45, 2.75) is 95.3 Å². The van der Waals surface area contributed by atoms with E-state index < -0.39 is 30.1 Å². The molecule has 10 aromatic rings. The monoisotopic (exact) mass is 1350 g/mol. The normalized spacial score (nSPS) is 17.8. The van der Waals surface area contributed by atoms with Crippen molar-refractivity contribution in [3.63, 3.8) is 0 Å². The van der Waals surface area contributed by atoms with Crippen molar-refractivity contribution in [2.75, 3.05) is 84.2 Å². The van der Waals surface area contributed by atoms with Crippen LogP contribution < -0.4 is 0 Å². The summed E-state index contributed by atoms with van der Waals surface area (Å²) in [4.78, 5) is 59.3. The van der Waals surface area contributed by atoms with Crippen molar-refractivity contribution in [3.8, 4) is 6.07 Å². The number of nitrogens with one attached hydrogen (secondary N) is 5. The molecule has 15 rings (SSSR count). The molecule has 0 bridgehead atoms. The zero-order chi connectivity index (χ0) is 67.0. The lowest BCUT2D eigenvalue weighted by molar-refractivity contribution is -0.130. The molecule has 4 saturated heterocycles.